The van der Waals surface area contributed by atoms with Gasteiger partial charge in [-0.05, 0) is 38.3 Å². The lowest BCUT2D eigenvalue weighted by molar-refractivity contribution is 0.199. The van der Waals surface area contributed by atoms with Crippen molar-refractivity contribution < 1.29 is 9.26 Å². The molecule has 4 rings (SSSR count). The number of fused-ring (bicyclic) bond motifs is 1. The first-order chi connectivity index (χ1) is 13.2. The zero-order chi connectivity index (χ0) is 18.8. The maximum Gasteiger partial charge on any atom is 0.231 e. The Balaban J connectivity index is 1.60. The van der Waals surface area contributed by atoms with Crippen molar-refractivity contribution in [1.82, 2.24) is 25.1 Å². The highest BCUT2D eigenvalue weighted by Crippen LogP contribution is 2.32. The van der Waals surface area contributed by atoms with Crippen molar-refractivity contribution in [3.8, 4) is 0 Å². The van der Waals surface area contributed by atoms with Gasteiger partial charge < -0.3 is 14.2 Å². The van der Waals surface area contributed by atoms with Crippen LogP contribution in [0.5, 0.6) is 0 Å². The fraction of sp³-hybridized carbons (Fsp3) is 0.526. The average molecular weight is 368 g/mol. The van der Waals surface area contributed by atoms with E-state index in [1.165, 1.54) is 0 Å². The van der Waals surface area contributed by atoms with Crippen LogP contribution in [-0.4, -0.2) is 51.9 Å². The molecule has 1 aliphatic heterocycles. The predicted molar refractivity (Wildman–Crippen MR) is 101 cm³/mol. The Morgan fingerprint density at radius 2 is 2.15 bits per heavy atom. The zero-order valence-electron chi connectivity index (χ0n) is 16.0. The Labute approximate surface area is 158 Å². The molecule has 4 heterocycles. The van der Waals surface area contributed by atoms with Gasteiger partial charge in [0, 0.05) is 32.3 Å². The van der Waals surface area contributed by atoms with Gasteiger partial charge in [-0.2, -0.15) is 4.98 Å². The van der Waals surface area contributed by atoms with E-state index in [9.17, 15) is 0 Å². The molecule has 0 radical (unpaired) electrons. The van der Waals surface area contributed by atoms with Crippen LogP contribution in [0.25, 0.3) is 11.0 Å². The SMILES string of the molecule is COCCc1noc([C@@H]2CCCN(c3ncnc4nc(C)cc(C)c34)C2)n1. The number of piperidine rings is 1. The second-order valence-electron chi connectivity index (χ2n) is 7.05. The molecule has 0 aliphatic carbocycles. The number of pyridine rings is 1. The topological polar surface area (TPSA) is 90.1 Å². The van der Waals surface area contributed by atoms with Crippen molar-refractivity contribution in [3.63, 3.8) is 0 Å². The normalized spacial score (nSPS) is 17.6. The Morgan fingerprint density at radius 3 is 3.00 bits per heavy atom. The Bertz CT molecular complexity index is 941. The number of hydrogen-bond donors (Lipinski definition) is 0. The maximum absolute atomic E-state index is 5.52. The predicted octanol–water partition coefficient (Wildman–Crippen LogP) is 2.60. The summed E-state index contributed by atoms with van der Waals surface area (Å²) in [6, 6.07) is 2.08. The Kier molecular flexibility index (Phi) is 4.98. The van der Waals surface area contributed by atoms with E-state index in [0.717, 1.165) is 54.0 Å². The third-order valence-electron chi connectivity index (χ3n) is 4.99. The molecule has 1 aliphatic rings. The Hall–Kier alpha value is -2.61. The molecule has 8 heteroatoms. The van der Waals surface area contributed by atoms with Crippen LogP contribution in [0.2, 0.25) is 0 Å². The second-order valence-corrected chi connectivity index (χ2v) is 7.05. The van der Waals surface area contributed by atoms with Crippen LogP contribution in [0.1, 0.15) is 41.7 Å². The highest BCUT2D eigenvalue weighted by molar-refractivity contribution is 5.90. The van der Waals surface area contributed by atoms with Crippen LogP contribution in [0.15, 0.2) is 16.9 Å². The molecule has 3 aromatic rings. The van der Waals surface area contributed by atoms with Crippen LogP contribution in [0, 0.1) is 13.8 Å². The number of anilines is 1. The van der Waals surface area contributed by atoms with Gasteiger partial charge in [0.05, 0.1) is 17.9 Å². The van der Waals surface area contributed by atoms with Crippen molar-refractivity contribution in [3.05, 3.63) is 35.4 Å². The van der Waals surface area contributed by atoms with E-state index >= 15 is 0 Å². The lowest BCUT2D eigenvalue weighted by Crippen LogP contribution is -2.35. The molecule has 0 unspecified atom stereocenters. The molecule has 0 saturated carbocycles. The van der Waals surface area contributed by atoms with Gasteiger partial charge in [0.1, 0.15) is 12.1 Å². The van der Waals surface area contributed by atoms with Crippen LogP contribution in [-0.2, 0) is 11.2 Å². The Morgan fingerprint density at radius 1 is 1.26 bits per heavy atom. The first-order valence-electron chi connectivity index (χ1n) is 9.31. The first-order valence-corrected chi connectivity index (χ1v) is 9.31. The fourth-order valence-electron chi connectivity index (χ4n) is 3.73. The van der Waals surface area contributed by atoms with Gasteiger partial charge in [-0.3, -0.25) is 0 Å². The molecule has 142 valence electrons. The minimum absolute atomic E-state index is 0.200. The minimum Gasteiger partial charge on any atom is -0.384 e. The highest BCUT2D eigenvalue weighted by atomic mass is 16.5. The van der Waals surface area contributed by atoms with Crippen LogP contribution >= 0.6 is 0 Å². The monoisotopic (exact) mass is 368 g/mol. The number of methoxy groups -OCH3 is 1. The largest absolute Gasteiger partial charge is 0.384 e. The van der Waals surface area contributed by atoms with E-state index in [0.29, 0.717) is 24.7 Å². The summed E-state index contributed by atoms with van der Waals surface area (Å²) < 4.78 is 10.6. The summed E-state index contributed by atoms with van der Waals surface area (Å²) in [5, 5.41) is 5.10. The van der Waals surface area contributed by atoms with Crippen molar-refractivity contribution in [1.29, 1.82) is 0 Å². The van der Waals surface area contributed by atoms with Gasteiger partial charge in [0.25, 0.3) is 0 Å². The lowest BCUT2D eigenvalue weighted by Gasteiger charge is -2.32. The molecular formula is C19H24N6O2. The quantitative estimate of drug-likeness (QED) is 0.679. The van der Waals surface area contributed by atoms with Gasteiger partial charge in [-0.15, -0.1) is 0 Å². The average Bonchev–Trinajstić information content (AvgIpc) is 3.15. The summed E-state index contributed by atoms with van der Waals surface area (Å²) in [6.07, 6.45) is 4.34. The molecule has 0 N–H and O–H groups in total. The number of hydrogen-bond acceptors (Lipinski definition) is 8. The summed E-state index contributed by atoms with van der Waals surface area (Å²) in [4.78, 5) is 20.4. The molecular weight excluding hydrogens is 344 g/mol. The molecule has 1 atom stereocenters. The summed E-state index contributed by atoms with van der Waals surface area (Å²) in [7, 11) is 1.67. The van der Waals surface area contributed by atoms with E-state index in [2.05, 4.69) is 43.0 Å². The number of aryl methyl sites for hydroxylation is 2. The lowest BCUT2D eigenvalue weighted by atomic mass is 9.97. The maximum atomic E-state index is 5.52. The molecule has 0 spiro atoms. The van der Waals surface area contributed by atoms with Gasteiger partial charge in [-0.1, -0.05) is 5.16 Å². The van der Waals surface area contributed by atoms with E-state index in [-0.39, 0.29) is 5.92 Å². The highest BCUT2D eigenvalue weighted by Gasteiger charge is 2.28. The van der Waals surface area contributed by atoms with Gasteiger partial charge in [0.2, 0.25) is 5.89 Å². The van der Waals surface area contributed by atoms with Gasteiger partial charge in [-0.25, -0.2) is 15.0 Å². The van der Waals surface area contributed by atoms with E-state index in [1.807, 2.05) is 6.92 Å². The van der Waals surface area contributed by atoms with Gasteiger partial charge in [0.15, 0.2) is 11.5 Å². The van der Waals surface area contributed by atoms with Crippen LogP contribution in [0.4, 0.5) is 5.82 Å². The third-order valence-corrected chi connectivity index (χ3v) is 4.99. The standard InChI is InChI=1S/C19H24N6O2/c1-12-9-13(2)22-17-16(12)18(21-11-20-17)25-7-4-5-14(10-25)19-23-15(24-27-19)6-8-26-3/h9,11,14H,4-8,10H2,1-3H3/t14-/m1/s1. The first kappa shape index (κ1) is 17.8. The number of ether oxygens (including phenoxy) is 1. The second kappa shape index (κ2) is 7.56. The molecule has 1 fully saturated rings. The van der Waals surface area contributed by atoms with Crippen LogP contribution < -0.4 is 4.90 Å². The zero-order valence-corrected chi connectivity index (χ0v) is 16.0. The van der Waals surface area contributed by atoms with E-state index < -0.39 is 0 Å². The van der Waals surface area contributed by atoms with Gasteiger partial charge >= 0.3 is 0 Å². The van der Waals surface area contributed by atoms with Crippen molar-refractivity contribution in [2.45, 2.75) is 39.0 Å². The minimum atomic E-state index is 0.200. The summed E-state index contributed by atoms with van der Waals surface area (Å²) in [5.74, 6) is 2.54. The summed E-state index contributed by atoms with van der Waals surface area (Å²) in [6.45, 7) is 6.41. The number of rotatable bonds is 5. The molecule has 1 saturated heterocycles. The molecule has 8 nitrogen and oxygen atoms in total. The number of aromatic nitrogens is 5. The number of nitrogens with zero attached hydrogens (tertiary/aromatic N) is 6. The fourth-order valence-corrected chi connectivity index (χ4v) is 3.73. The summed E-state index contributed by atoms with van der Waals surface area (Å²) in [5.41, 5.74) is 2.87. The molecule has 0 bridgehead atoms. The van der Waals surface area contributed by atoms with Crippen molar-refractivity contribution in [2.75, 3.05) is 31.7 Å². The van der Waals surface area contributed by atoms with Crippen molar-refractivity contribution in [2.24, 2.45) is 0 Å². The van der Waals surface area contributed by atoms with Crippen molar-refractivity contribution >= 4 is 16.9 Å². The molecule has 0 aromatic carbocycles. The summed E-state index contributed by atoms with van der Waals surface area (Å²) >= 11 is 0. The molecule has 27 heavy (non-hydrogen) atoms. The molecule has 0 amide bonds. The van der Waals surface area contributed by atoms with E-state index in [4.69, 9.17) is 9.26 Å². The van der Waals surface area contributed by atoms with Crippen LogP contribution in [0.3, 0.4) is 0 Å². The third kappa shape index (κ3) is 3.62. The smallest absolute Gasteiger partial charge is 0.231 e. The van der Waals surface area contributed by atoms with E-state index in [1.54, 1.807) is 13.4 Å². The molecule has 3 aromatic heterocycles.